The van der Waals surface area contributed by atoms with E-state index in [0.29, 0.717) is 0 Å². The molecule has 0 radical (unpaired) electrons. The Morgan fingerprint density at radius 3 is 3.00 bits per heavy atom. The summed E-state index contributed by atoms with van der Waals surface area (Å²) in [5.74, 6) is 0. The van der Waals surface area contributed by atoms with E-state index < -0.39 is 0 Å². The molecule has 0 aliphatic carbocycles. The lowest BCUT2D eigenvalue weighted by atomic mass is 10.2. The van der Waals surface area contributed by atoms with Crippen LogP contribution in [-0.2, 0) is 4.74 Å². The summed E-state index contributed by atoms with van der Waals surface area (Å²) >= 11 is 0. The molecule has 1 unspecified atom stereocenters. The first-order chi connectivity index (χ1) is 6.34. The summed E-state index contributed by atoms with van der Waals surface area (Å²) in [7, 11) is 2.21. The summed E-state index contributed by atoms with van der Waals surface area (Å²) in [5.41, 5.74) is 0. The molecule has 1 heterocycles. The molecule has 1 aliphatic rings. The molecule has 1 atom stereocenters. The van der Waals surface area contributed by atoms with Gasteiger partial charge >= 0.3 is 0 Å². The lowest BCUT2D eigenvalue weighted by Crippen LogP contribution is -2.34. The van der Waals surface area contributed by atoms with Gasteiger partial charge in [-0.3, -0.25) is 0 Å². The Morgan fingerprint density at radius 2 is 2.38 bits per heavy atom. The molecule has 0 saturated carbocycles. The maximum absolute atomic E-state index is 5.30. The lowest BCUT2D eigenvalue weighted by Gasteiger charge is -2.23. The summed E-state index contributed by atoms with van der Waals surface area (Å²) in [6, 6.07) is 0.752. The van der Waals surface area contributed by atoms with Gasteiger partial charge in [0.05, 0.1) is 0 Å². The minimum atomic E-state index is 0.752. The van der Waals surface area contributed by atoms with E-state index in [0.717, 1.165) is 38.8 Å². The first-order valence-electron chi connectivity index (χ1n) is 5.33. The van der Waals surface area contributed by atoms with Gasteiger partial charge in [-0.2, -0.15) is 0 Å². The second-order valence-corrected chi connectivity index (χ2v) is 3.68. The molecular weight excluding hydrogens is 164 g/mol. The summed E-state index contributed by atoms with van der Waals surface area (Å²) in [6.45, 7) is 7.29. The minimum absolute atomic E-state index is 0.752. The van der Waals surface area contributed by atoms with E-state index in [9.17, 15) is 0 Å². The molecule has 1 rings (SSSR count). The number of hydrogen-bond donors (Lipinski definition) is 1. The average molecular weight is 186 g/mol. The number of likely N-dealkylation sites (N-methyl/N-ethyl adjacent to an activating group) is 1. The van der Waals surface area contributed by atoms with E-state index in [1.54, 1.807) is 0 Å². The molecule has 0 amide bonds. The number of hydrogen-bond acceptors (Lipinski definition) is 3. The van der Waals surface area contributed by atoms with E-state index in [1.165, 1.54) is 13.0 Å². The highest BCUT2D eigenvalue weighted by Gasteiger charge is 2.17. The van der Waals surface area contributed by atoms with Crippen molar-refractivity contribution in [2.75, 3.05) is 39.9 Å². The van der Waals surface area contributed by atoms with Crippen molar-refractivity contribution in [1.82, 2.24) is 10.2 Å². The SMILES string of the molecule is CCOCCCN(C)C1CCNC1. The molecule has 0 bridgehead atoms. The summed E-state index contributed by atoms with van der Waals surface area (Å²) < 4.78 is 5.30. The molecule has 1 fully saturated rings. The lowest BCUT2D eigenvalue weighted by molar-refractivity contribution is 0.130. The molecule has 1 saturated heterocycles. The second kappa shape index (κ2) is 6.35. The topological polar surface area (TPSA) is 24.5 Å². The minimum Gasteiger partial charge on any atom is -0.382 e. The van der Waals surface area contributed by atoms with Gasteiger partial charge in [0.25, 0.3) is 0 Å². The van der Waals surface area contributed by atoms with Crippen LogP contribution in [0.15, 0.2) is 0 Å². The maximum Gasteiger partial charge on any atom is 0.0478 e. The van der Waals surface area contributed by atoms with Crippen LogP contribution in [0.3, 0.4) is 0 Å². The second-order valence-electron chi connectivity index (χ2n) is 3.68. The number of rotatable bonds is 6. The third-order valence-electron chi connectivity index (χ3n) is 2.66. The predicted molar refractivity (Wildman–Crippen MR) is 55.0 cm³/mol. The largest absolute Gasteiger partial charge is 0.382 e. The molecule has 1 aliphatic heterocycles. The van der Waals surface area contributed by atoms with Crippen LogP contribution in [0.5, 0.6) is 0 Å². The molecule has 3 nitrogen and oxygen atoms in total. The average Bonchev–Trinajstić information content (AvgIpc) is 2.65. The highest BCUT2D eigenvalue weighted by atomic mass is 16.5. The third kappa shape index (κ3) is 4.07. The van der Waals surface area contributed by atoms with Gasteiger partial charge in [0.2, 0.25) is 0 Å². The quantitative estimate of drug-likeness (QED) is 0.618. The van der Waals surface area contributed by atoms with Crippen LogP contribution in [-0.4, -0.2) is 50.8 Å². The van der Waals surface area contributed by atoms with Crippen LogP contribution in [0.4, 0.5) is 0 Å². The smallest absolute Gasteiger partial charge is 0.0478 e. The fourth-order valence-electron chi connectivity index (χ4n) is 1.76. The van der Waals surface area contributed by atoms with Gasteiger partial charge in [-0.15, -0.1) is 0 Å². The van der Waals surface area contributed by atoms with Crippen LogP contribution in [0.25, 0.3) is 0 Å². The van der Waals surface area contributed by atoms with Gasteiger partial charge in [-0.05, 0) is 33.4 Å². The number of nitrogens with zero attached hydrogens (tertiary/aromatic N) is 1. The van der Waals surface area contributed by atoms with Gasteiger partial charge < -0.3 is 15.0 Å². The zero-order valence-corrected chi connectivity index (χ0v) is 8.88. The summed E-state index contributed by atoms with van der Waals surface area (Å²) in [4.78, 5) is 2.44. The zero-order chi connectivity index (χ0) is 9.52. The zero-order valence-electron chi connectivity index (χ0n) is 8.88. The van der Waals surface area contributed by atoms with Gasteiger partial charge in [0, 0.05) is 32.3 Å². The summed E-state index contributed by atoms with van der Waals surface area (Å²) in [5, 5.41) is 3.38. The monoisotopic (exact) mass is 186 g/mol. The summed E-state index contributed by atoms with van der Waals surface area (Å²) in [6.07, 6.45) is 2.45. The van der Waals surface area contributed by atoms with Crippen molar-refractivity contribution in [2.45, 2.75) is 25.8 Å². The van der Waals surface area contributed by atoms with Crippen molar-refractivity contribution in [3.8, 4) is 0 Å². The molecule has 78 valence electrons. The Bertz CT molecular complexity index is 124. The van der Waals surface area contributed by atoms with Crippen LogP contribution in [0, 0.1) is 0 Å². The van der Waals surface area contributed by atoms with E-state index in [-0.39, 0.29) is 0 Å². The van der Waals surface area contributed by atoms with Crippen LogP contribution < -0.4 is 5.32 Å². The van der Waals surface area contributed by atoms with Crippen molar-refractivity contribution in [3.63, 3.8) is 0 Å². The first kappa shape index (κ1) is 11.0. The van der Waals surface area contributed by atoms with Crippen LogP contribution >= 0.6 is 0 Å². The van der Waals surface area contributed by atoms with Gasteiger partial charge in [-0.25, -0.2) is 0 Å². The Morgan fingerprint density at radius 1 is 1.54 bits per heavy atom. The van der Waals surface area contributed by atoms with E-state index in [1.807, 2.05) is 6.92 Å². The molecule has 0 aromatic rings. The molecule has 0 aromatic heterocycles. The van der Waals surface area contributed by atoms with Crippen molar-refractivity contribution >= 4 is 0 Å². The molecular formula is C10H22N2O. The van der Waals surface area contributed by atoms with Gasteiger partial charge in [0.15, 0.2) is 0 Å². The first-order valence-corrected chi connectivity index (χ1v) is 5.33. The van der Waals surface area contributed by atoms with Crippen molar-refractivity contribution < 1.29 is 4.74 Å². The molecule has 0 aromatic carbocycles. The fraction of sp³-hybridized carbons (Fsp3) is 1.00. The number of nitrogens with one attached hydrogen (secondary N) is 1. The Balaban J connectivity index is 1.99. The van der Waals surface area contributed by atoms with E-state index in [4.69, 9.17) is 4.74 Å². The standard InChI is InChI=1S/C10H22N2O/c1-3-13-8-4-7-12(2)10-5-6-11-9-10/h10-11H,3-9H2,1-2H3. The molecule has 3 heteroatoms. The Hall–Kier alpha value is -0.120. The highest BCUT2D eigenvalue weighted by Crippen LogP contribution is 2.06. The molecule has 1 N–H and O–H groups in total. The maximum atomic E-state index is 5.30. The van der Waals surface area contributed by atoms with Crippen LogP contribution in [0.2, 0.25) is 0 Å². The van der Waals surface area contributed by atoms with E-state index in [2.05, 4.69) is 17.3 Å². The van der Waals surface area contributed by atoms with Crippen molar-refractivity contribution in [2.24, 2.45) is 0 Å². The van der Waals surface area contributed by atoms with E-state index >= 15 is 0 Å². The molecule has 0 spiro atoms. The Kier molecular flexibility index (Phi) is 5.35. The number of ether oxygens (including phenoxy) is 1. The predicted octanol–water partition coefficient (Wildman–Crippen LogP) is 0.707. The Labute approximate surface area is 81.4 Å². The third-order valence-corrected chi connectivity index (χ3v) is 2.66. The normalized spacial score (nSPS) is 22.8. The van der Waals surface area contributed by atoms with Crippen molar-refractivity contribution in [3.05, 3.63) is 0 Å². The van der Waals surface area contributed by atoms with Crippen LogP contribution in [0.1, 0.15) is 19.8 Å². The van der Waals surface area contributed by atoms with Gasteiger partial charge in [0.1, 0.15) is 0 Å². The molecule has 13 heavy (non-hydrogen) atoms. The highest BCUT2D eigenvalue weighted by molar-refractivity contribution is 4.78. The van der Waals surface area contributed by atoms with Gasteiger partial charge in [-0.1, -0.05) is 0 Å². The van der Waals surface area contributed by atoms with Crippen molar-refractivity contribution in [1.29, 1.82) is 0 Å². The fourth-order valence-corrected chi connectivity index (χ4v) is 1.76.